The molecule has 0 heterocycles. The summed E-state index contributed by atoms with van der Waals surface area (Å²) in [5.41, 5.74) is 0.237. The maximum Gasteiger partial charge on any atom is 0.180 e. The fraction of sp³-hybridized carbons (Fsp3) is 0.200. The summed E-state index contributed by atoms with van der Waals surface area (Å²) in [5, 5.41) is 9.77. The summed E-state index contributed by atoms with van der Waals surface area (Å²) in [6.07, 6.45) is 0.662. The van der Waals surface area contributed by atoms with E-state index in [2.05, 4.69) is 27.8 Å². The number of phenols is 1. The Morgan fingerprint density at radius 1 is 1.46 bits per heavy atom. The fourth-order valence-corrected chi connectivity index (χ4v) is 1.02. The van der Waals surface area contributed by atoms with Gasteiger partial charge in [-0.2, -0.15) is 0 Å². The van der Waals surface area contributed by atoms with Crippen LogP contribution in [0.5, 0.6) is 5.75 Å². The molecule has 0 saturated heterocycles. The van der Waals surface area contributed by atoms with Crippen molar-refractivity contribution in [2.45, 2.75) is 6.42 Å². The standard InChI is InChI=1S/C10H8BrFO/c11-7-2-1-4-8-5-3-6-9(13)10(8)12/h3,5-6,13H,2,7H2. The molecule has 68 valence electrons. The molecule has 0 spiro atoms. The molecular weight excluding hydrogens is 235 g/mol. The van der Waals surface area contributed by atoms with Crippen molar-refractivity contribution in [1.29, 1.82) is 0 Å². The number of phenolic OH excluding ortho intramolecular Hbond substituents is 1. The van der Waals surface area contributed by atoms with Crippen LogP contribution >= 0.6 is 15.9 Å². The molecule has 0 atom stereocenters. The van der Waals surface area contributed by atoms with E-state index >= 15 is 0 Å². The van der Waals surface area contributed by atoms with Crippen molar-refractivity contribution in [3.63, 3.8) is 0 Å². The first kappa shape index (κ1) is 10.1. The van der Waals surface area contributed by atoms with Gasteiger partial charge in [0.1, 0.15) is 0 Å². The third-order valence-corrected chi connectivity index (χ3v) is 1.82. The predicted octanol–water partition coefficient (Wildman–Crippen LogP) is 2.67. The Morgan fingerprint density at radius 2 is 2.23 bits per heavy atom. The summed E-state index contributed by atoms with van der Waals surface area (Å²) in [5.74, 6) is 4.41. The normalized spacial score (nSPS) is 9.08. The lowest BCUT2D eigenvalue weighted by molar-refractivity contribution is 0.431. The molecule has 0 aromatic heterocycles. The predicted molar refractivity (Wildman–Crippen MR) is 53.4 cm³/mol. The van der Waals surface area contributed by atoms with Crippen LogP contribution in [0.1, 0.15) is 12.0 Å². The first-order valence-corrected chi connectivity index (χ1v) is 4.90. The first-order valence-electron chi connectivity index (χ1n) is 3.78. The summed E-state index contributed by atoms with van der Waals surface area (Å²) < 4.78 is 13.1. The molecule has 0 aliphatic heterocycles. The number of rotatable bonds is 1. The highest BCUT2D eigenvalue weighted by Gasteiger charge is 2.02. The minimum atomic E-state index is -0.649. The van der Waals surface area contributed by atoms with Crippen molar-refractivity contribution in [3.05, 3.63) is 29.6 Å². The molecule has 1 aromatic rings. The number of benzene rings is 1. The average Bonchev–Trinajstić information content (AvgIpc) is 2.13. The maximum absolute atomic E-state index is 13.1. The molecule has 13 heavy (non-hydrogen) atoms. The SMILES string of the molecule is Oc1cccc(C#CCCBr)c1F. The topological polar surface area (TPSA) is 20.2 Å². The molecule has 1 N–H and O–H groups in total. The molecule has 0 amide bonds. The van der Waals surface area contributed by atoms with Crippen LogP contribution < -0.4 is 0 Å². The van der Waals surface area contributed by atoms with Gasteiger partial charge in [-0.1, -0.05) is 33.8 Å². The van der Waals surface area contributed by atoms with Crippen LogP contribution in [-0.2, 0) is 0 Å². The second kappa shape index (κ2) is 4.88. The minimum absolute atomic E-state index is 0.237. The van der Waals surface area contributed by atoms with Gasteiger partial charge in [0.15, 0.2) is 11.6 Å². The van der Waals surface area contributed by atoms with Crippen LogP contribution in [0.3, 0.4) is 0 Å². The van der Waals surface area contributed by atoms with Crippen molar-refractivity contribution in [1.82, 2.24) is 0 Å². The molecule has 0 saturated carbocycles. The van der Waals surface area contributed by atoms with Crippen LogP contribution in [-0.4, -0.2) is 10.4 Å². The third kappa shape index (κ3) is 2.74. The van der Waals surface area contributed by atoms with E-state index in [0.717, 1.165) is 5.33 Å². The van der Waals surface area contributed by atoms with Gasteiger partial charge in [-0.3, -0.25) is 0 Å². The van der Waals surface area contributed by atoms with Crippen molar-refractivity contribution >= 4 is 15.9 Å². The Balaban J connectivity index is 2.91. The summed E-state index contributed by atoms with van der Waals surface area (Å²) in [6.45, 7) is 0. The zero-order chi connectivity index (χ0) is 9.68. The molecule has 0 aliphatic rings. The van der Waals surface area contributed by atoms with E-state index in [9.17, 15) is 4.39 Å². The van der Waals surface area contributed by atoms with Gasteiger partial charge in [-0.15, -0.1) is 0 Å². The van der Waals surface area contributed by atoms with E-state index in [0.29, 0.717) is 6.42 Å². The summed E-state index contributed by atoms with van der Waals surface area (Å²) in [7, 11) is 0. The summed E-state index contributed by atoms with van der Waals surface area (Å²) in [4.78, 5) is 0. The molecule has 0 bridgehead atoms. The van der Waals surface area contributed by atoms with Gasteiger partial charge >= 0.3 is 0 Å². The van der Waals surface area contributed by atoms with E-state index in [1.54, 1.807) is 6.07 Å². The van der Waals surface area contributed by atoms with E-state index < -0.39 is 5.82 Å². The Bertz CT molecular complexity index is 352. The van der Waals surface area contributed by atoms with Crippen LogP contribution in [0, 0.1) is 17.7 Å². The van der Waals surface area contributed by atoms with Crippen LogP contribution in [0.25, 0.3) is 0 Å². The quantitative estimate of drug-likeness (QED) is 0.593. The van der Waals surface area contributed by atoms with Gasteiger partial charge in [0.2, 0.25) is 0 Å². The number of hydrogen-bond donors (Lipinski definition) is 1. The van der Waals surface area contributed by atoms with E-state index in [4.69, 9.17) is 5.11 Å². The monoisotopic (exact) mass is 242 g/mol. The molecule has 0 unspecified atom stereocenters. The maximum atomic E-state index is 13.1. The fourth-order valence-electron chi connectivity index (χ4n) is 0.821. The highest BCUT2D eigenvalue weighted by Crippen LogP contribution is 2.17. The average molecular weight is 243 g/mol. The molecular formula is C10H8BrFO. The highest BCUT2D eigenvalue weighted by molar-refractivity contribution is 9.09. The highest BCUT2D eigenvalue weighted by atomic mass is 79.9. The smallest absolute Gasteiger partial charge is 0.180 e. The Morgan fingerprint density at radius 3 is 2.92 bits per heavy atom. The van der Waals surface area contributed by atoms with Gasteiger partial charge in [0, 0.05) is 11.8 Å². The van der Waals surface area contributed by atoms with Crippen LogP contribution in [0.4, 0.5) is 4.39 Å². The molecule has 0 radical (unpaired) electrons. The van der Waals surface area contributed by atoms with Gasteiger partial charge in [0.05, 0.1) is 5.56 Å². The second-order valence-corrected chi connectivity index (χ2v) is 3.17. The number of halogens is 2. The molecule has 1 nitrogen and oxygen atoms in total. The third-order valence-electron chi connectivity index (χ3n) is 1.42. The molecule has 3 heteroatoms. The molecule has 0 fully saturated rings. The Hall–Kier alpha value is -1.01. The molecule has 1 rings (SSSR count). The molecule has 0 aliphatic carbocycles. The number of aromatic hydroxyl groups is 1. The van der Waals surface area contributed by atoms with Crippen molar-refractivity contribution in [3.8, 4) is 17.6 Å². The van der Waals surface area contributed by atoms with Gasteiger partial charge in [-0.25, -0.2) is 4.39 Å². The van der Waals surface area contributed by atoms with E-state index in [1.807, 2.05) is 0 Å². The lowest BCUT2D eigenvalue weighted by Gasteiger charge is -1.95. The largest absolute Gasteiger partial charge is 0.505 e. The summed E-state index contributed by atoms with van der Waals surface area (Å²) in [6, 6.07) is 4.40. The van der Waals surface area contributed by atoms with Crippen LogP contribution in [0.15, 0.2) is 18.2 Å². The Labute approximate surface area is 84.7 Å². The van der Waals surface area contributed by atoms with Gasteiger partial charge < -0.3 is 5.11 Å². The van der Waals surface area contributed by atoms with Gasteiger partial charge in [0.25, 0.3) is 0 Å². The second-order valence-electron chi connectivity index (χ2n) is 2.38. The molecule has 1 aromatic carbocycles. The summed E-state index contributed by atoms with van der Waals surface area (Å²) >= 11 is 3.21. The lowest BCUT2D eigenvalue weighted by Crippen LogP contribution is -1.83. The van der Waals surface area contributed by atoms with E-state index in [-0.39, 0.29) is 11.3 Å². The minimum Gasteiger partial charge on any atom is -0.505 e. The van der Waals surface area contributed by atoms with Crippen LogP contribution in [0.2, 0.25) is 0 Å². The van der Waals surface area contributed by atoms with Crippen molar-refractivity contribution < 1.29 is 9.50 Å². The van der Waals surface area contributed by atoms with Crippen molar-refractivity contribution in [2.24, 2.45) is 0 Å². The van der Waals surface area contributed by atoms with E-state index in [1.165, 1.54) is 12.1 Å². The van der Waals surface area contributed by atoms with Crippen molar-refractivity contribution in [2.75, 3.05) is 5.33 Å². The Kier molecular flexibility index (Phi) is 3.78. The zero-order valence-corrected chi connectivity index (χ0v) is 8.44. The number of hydrogen-bond acceptors (Lipinski definition) is 1. The van der Waals surface area contributed by atoms with Gasteiger partial charge in [-0.05, 0) is 12.1 Å². The number of alkyl halides is 1. The lowest BCUT2D eigenvalue weighted by atomic mass is 10.2. The zero-order valence-electron chi connectivity index (χ0n) is 6.85. The first-order chi connectivity index (χ1) is 6.25.